The van der Waals surface area contributed by atoms with Crippen LogP contribution in [0.3, 0.4) is 0 Å². The Morgan fingerprint density at radius 3 is 1.44 bits per heavy atom. The molecule has 0 saturated heterocycles. The van der Waals surface area contributed by atoms with Crippen molar-refractivity contribution in [3.8, 4) is 0 Å². The standard InChI is InChI=1S/C13H32N2P.C2H6/c1-10-14(11(2)3)16(9)15(8,12(4)5)13(6)7;1-2/h11-13H,10H2,1-9H3;1-2H3/q+1;. The Labute approximate surface area is 118 Å². The maximum absolute atomic E-state index is 2.66. The summed E-state index contributed by atoms with van der Waals surface area (Å²) in [5, 5.41) is 0. The van der Waals surface area contributed by atoms with Gasteiger partial charge in [-0.1, -0.05) is 20.8 Å². The lowest BCUT2D eigenvalue weighted by molar-refractivity contribution is -0.835. The van der Waals surface area contributed by atoms with Crippen LogP contribution < -0.4 is 0 Å². The van der Waals surface area contributed by atoms with Crippen LogP contribution >= 0.6 is 8.22 Å². The van der Waals surface area contributed by atoms with Gasteiger partial charge in [-0.2, -0.15) is 0 Å². The first-order valence-corrected chi connectivity index (χ1v) is 9.25. The van der Waals surface area contributed by atoms with Crippen molar-refractivity contribution >= 4 is 8.22 Å². The van der Waals surface area contributed by atoms with Crippen LogP contribution in [-0.4, -0.2) is 47.3 Å². The van der Waals surface area contributed by atoms with E-state index >= 15 is 0 Å². The summed E-state index contributed by atoms with van der Waals surface area (Å²) < 4.78 is 3.84. The number of rotatable bonds is 6. The Hall–Kier alpha value is 0.350. The van der Waals surface area contributed by atoms with Gasteiger partial charge in [0.15, 0.2) is 8.22 Å². The molecule has 0 aromatic rings. The fourth-order valence-corrected chi connectivity index (χ4v) is 5.33. The van der Waals surface area contributed by atoms with Gasteiger partial charge in [-0.15, -0.1) is 0 Å². The van der Waals surface area contributed by atoms with Gasteiger partial charge in [-0.25, -0.2) is 4.67 Å². The van der Waals surface area contributed by atoms with E-state index < -0.39 is 0 Å². The number of nitrogens with zero attached hydrogens (tertiary/aromatic N) is 2. The van der Waals surface area contributed by atoms with Gasteiger partial charge >= 0.3 is 0 Å². The minimum Gasteiger partial charge on any atom is -0.296 e. The summed E-state index contributed by atoms with van der Waals surface area (Å²) in [6.07, 6.45) is 0. The fraction of sp³-hybridized carbons (Fsp3) is 1.00. The Morgan fingerprint density at radius 1 is 0.944 bits per heavy atom. The Balaban J connectivity index is 0. The van der Waals surface area contributed by atoms with Crippen LogP contribution in [0, 0.1) is 0 Å². The summed E-state index contributed by atoms with van der Waals surface area (Å²) >= 11 is 0. The van der Waals surface area contributed by atoms with Gasteiger partial charge < -0.3 is 0 Å². The molecule has 112 valence electrons. The van der Waals surface area contributed by atoms with E-state index in [4.69, 9.17) is 0 Å². The Kier molecular flexibility index (Phi) is 10.7. The lowest BCUT2D eigenvalue weighted by Crippen LogP contribution is -2.53. The molecule has 0 aliphatic heterocycles. The SMILES string of the molecule is CC.CCN(C(C)C)P(C)[N+](C)(C(C)C)C(C)C. The van der Waals surface area contributed by atoms with E-state index in [-0.39, 0.29) is 8.22 Å². The van der Waals surface area contributed by atoms with Crippen LogP contribution in [0.15, 0.2) is 0 Å². The highest BCUT2D eigenvalue weighted by Crippen LogP contribution is 2.50. The maximum atomic E-state index is 2.66. The molecule has 18 heavy (non-hydrogen) atoms. The predicted octanol–water partition coefficient (Wildman–Crippen LogP) is 4.95. The van der Waals surface area contributed by atoms with Gasteiger partial charge in [0.1, 0.15) is 0 Å². The molecule has 0 heterocycles. The molecule has 0 aromatic heterocycles. The van der Waals surface area contributed by atoms with Crippen LogP contribution in [0.4, 0.5) is 0 Å². The van der Waals surface area contributed by atoms with E-state index in [1.54, 1.807) is 0 Å². The van der Waals surface area contributed by atoms with Crippen molar-refractivity contribution in [1.29, 1.82) is 0 Å². The van der Waals surface area contributed by atoms with Crippen LogP contribution in [-0.2, 0) is 0 Å². The summed E-state index contributed by atoms with van der Waals surface area (Å²) in [4.78, 5) is 0. The molecule has 0 bridgehead atoms. The molecule has 0 spiro atoms. The Morgan fingerprint density at radius 2 is 1.28 bits per heavy atom. The summed E-state index contributed by atoms with van der Waals surface area (Å²) in [6, 6.07) is 2.02. The second-order valence-corrected chi connectivity index (χ2v) is 7.98. The van der Waals surface area contributed by atoms with Gasteiger partial charge in [0.2, 0.25) is 0 Å². The second-order valence-electron chi connectivity index (χ2n) is 5.62. The normalized spacial score (nSPS) is 14.2. The number of hydrogen-bond acceptors (Lipinski definition) is 1. The van der Waals surface area contributed by atoms with Crippen molar-refractivity contribution < 1.29 is 4.25 Å². The van der Waals surface area contributed by atoms with E-state index in [1.807, 2.05) is 13.8 Å². The third kappa shape index (κ3) is 4.79. The van der Waals surface area contributed by atoms with Gasteiger partial charge in [-0.3, -0.25) is 4.25 Å². The zero-order valence-electron chi connectivity index (χ0n) is 14.8. The van der Waals surface area contributed by atoms with E-state index in [2.05, 4.69) is 66.8 Å². The highest BCUT2D eigenvalue weighted by molar-refractivity contribution is 7.48. The minimum atomic E-state index is -0.137. The number of hydrogen-bond donors (Lipinski definition) is 0. The third-order valence-electron chi connectivity index (χ3n) is 4.01. The van der Waals surface area contributed by atoms with Gasteiger partial charge in [0.25, 0.3) is 0 Å². The summed E-state index contributed by atoms with van der Waals surface area (Å²) in [7, 11) is 2.29. The Bertz CT molecular complexity index is 195. The predicted molar refractivity (Wildman–Crippen MR) is 88.2 cm³/mol. The van der Waals surface area contributed by atoms with Crippen molar-refractivity contribution in [2.75, 3.05) is 20.3 Å². The molecule has 0 N–H and O–H groups in total. The molecular weight excluding hydrogens is 239 g/mol. The molecule has 0 aromatic carbocycles. The van der Waals surface area contributed by atoms with Crippen molar-refractivity contribution in [2.45, 2.75) is 80.4 Å². The molecule has 0 saturated carbocycles. The maximum Gasteiger partial charge on any atom is 0.181 e. The molecule has 0 amide bonds. The zero-order valence-corrected chi connectivity index (χ0v) is 15.7. The second kappa shape index (κ2) is 9.28. The first-order chi connectivity index (χ1) is 8.19. The molecular formula is C15H38N2P+. The topological polar surface area (TPSA) is 3.24 Å². The third-order valence-corrected chi connectivity index (χ3v) is 7.67. The van der Waals surface area contributed by atoms with Crippen molar-refractivity contribution in [3.05, 3.63) is 0 Å². The molecule has 0 radical (unpaired) electrons. The van der Waals surface area contributed by atoms with E-state index in [0.717, 1.165) is 6.54 Å². The molecule has 0 aliphatic rings. The molecule has 0 rings (SSSR count). The molecule has 1 atom stereocenters. The van der Waals surface area contributed by atoms with E-state index in [9.17, 15) is 0 Å². The van der Waals surface area contributed by atoms with Crippen molar-refractivity contribution in [1.82, 2.24) is 4.67 Å². The van der Waals surface area contributed by atoms with Crippen LogP contribution in [0.5, 0.6) is 0 Å². The number of quaternary nitrogens is 1. The zero-order chi connectivity index (χ0) is 15.1. The van der Waals surface area contributed by atoms with Crippen LogP contribution in [0.1, 0.15) is 62.3 Å². The van der Waals surface area contributed by atoms with E-state index in [0.29, 0.717) is 18.1 Å². The minimum absolute atomic E-state index is 0.137. The average molecular weight is 277 g/mol. The average Bonchev–Trinajstić information content (AvgIpc) is 2.30. The summed E-state index contributed by atoms with van der Waals surface area (Å²) in [5.74, 6) is 0. The molecule has 0 fully saturated rings. The summed E-state index contributed by atoms with van der Waals surface area (Å²) in [6.45, 7) is 23.9. The molecule has 3 heteroatoms. The first-order valence-electron chi connectivity index (χ1n) is 7.56. The van der Waals surface area contributed by atoms with Gasteiger partial charge in [-0.05, 0) is 41.5 Å². The van der Waals surface area contributed by atoms with Gasteiger partial charge in [0.05, 0.1) is 19.1 Å². The van der Waals surface area contributed by atoms with Crippen LogP contribution in [0.2, 0.25) is 0 Å². The van der Waals surface area contributed by atoms with Crippen molar-refractivity contribution in [2.24, 2.45) is 0 Å². The lowest BCUT2D eigenvalue weighted by atomic mass is 10.2. The summed E-state index contributed by atoms with van der Waals surface area (Å²) in [5.41, 5.74) is 0. The van der Waals surface area contributed by atoms with Gasteiger partial charge in [0, 0.05) is 19.3 Å². The lowest BCUT2D eigenvalue weighted by Gasteiger charge is -2.50. The van der Waals surface area contributed by atoms with Crippen LogP contribution in [0.25, 0.3) is 0 Å². The smallest absolute Gasteiger partial charge is 0.181 e. The quantitative estimate of drug-likeness (QED) is 0.621. The largest absolute Gasteiger partial charge is 0.296 e. The molecule has 2 nitrogen and oxygen atoms in total. The highest BCUT2D eigenvalue weighted by Gasteiger charge is 2.40. The highest BCUT2D eigenvalue weighted by atomic mass is 31.1. The first kappa shape index (κ1) is 20.7. The monoisotopic (exact) mass is 277 g/mol. The molecule has 0 aliphatic carbocycles. The van der Waals surface area contributed by atoms with E-state index in [1.165, 1.54) is 4.25 Å². The van der Waals surface area contributed by atoms with Crippen molar-refractivity contribution in [3.63, 3.8) is 0 Å². The fourth-order valence-electron chi connectivity index (χ4n) is 2.42. The molecule has 1 unspecified atom stereocenters.